The fraction of sp³-hybridized carbons (Fsp3) is 0.200. The number of anilines is 1. The summed E-state index contributed by atoms with van der Waals surface area (Å²) < 4.78 is 13.0. The summed E-state index contributed by atoms with van der Waals surface area (Å²) in [6, 6.07) is 2.70. The van der Waals surface area contributed by atoms with Gasteiger partial charge in [0.1, 0.15) is 11.9 Å². The number of rotatable bonds is 3. The maximum Gasteiger partial charge on any atom is 0.325 e. The normalized spacial score (nSPS) is 11.9. The Hall–Kier alpha value is -2.11. The van der Waals surface area contributed by atoms with Crippen molar-refractivity contribution in [2.75, 3.05) is 5.73 Å². The van der Waals surface area contributed by atoms with Crippen LogP contribution in [0.5, 0.6) is 0 Å². The number of benzene rings is 1. The second-order valence-electron chi connectivity index (χ2n) is 3.23. The van der Waals surface area contributed by atoms with E-state index in [2.05, 4.69) is 5.32 Å². The average molecular weight is 226 g/mol. The van der Waals surface area contributed by atoms with Gasteiger partial charge in [0.15, 0.2) is 0 Å². The highest BCUT2D eigenvalue weighted by atomic mass is 19.1. The Balaban J connectivity index is 2.89. The van der Waals surface area contributed by atoms with Crippen molar-refractivity contribution < 1.29 is 19.1 Å². The van der Waals surface area contributed by atoms with Gasteiger partial charge in [0.05, 0.1) is 11.3 Å². The topological polar surface area (TPSA) is 92.4 Å². The summed E-state index contributed by atoms with van der Waals surface area (Å²) >= 11 is 0. The number of carboxylic acid groups (broad SMARTS) is 1. The van der Waals surface area contributed by atoms with Gasteiger partial charge in [0.25, 0.3) is 5.91 Å². The maximum absolute atomic E-state index is 13.0. The van der Waals surface area contributed by atoms with Crippen LogP contribution >= 0.6 is 0 Å². The van der Waals surface area contributed by atoms with Crippen LogP contribution in [-0.2, 0) is 4.79 Å². The molecule has 16 heavy (non-hydrogen) atoms. The lowest BCUT2D eigenvalue weighted by atomic mass is 10.1. The Morgan fingerprint density at radius 3 is 2.69 bits per heavy atom. The van der Waals surface area contributed by atoms with Gasteiger partial charge >= 0.3 is 5.97 Å². The summed E-state index contributed by atoms with van der Waals surface area (Å²) in [4.78, 5) is 22.0. The van der Waals surface area contributed by atoms with Gasteiger partial charge in [-0.15, -0.1) is 0 Å². The van der Waals surface area contributed by atoms with E-state index in [9.17, 15) is 14.0 Å². The maximum atomic E-state index is 13.0. The Kier molecular flexibility index (Phi) is 3.44. The zero-order valence-electron chi connectivity index (χ0n) is 8.53. The molecule has 0 spiro atoms. The molecule has 0 aliphatic rings. The third-order valence-corrected chi connectivity index (χ3v) is 2.02. The largest absolute Gasteiger partial charge is 0.480 e. The fourth-order valence-corrected chi connectivity index (χ4v) is 1.07. The van der Waals surface area contributed by atoms with Crippen molar-refractivity contribution in [1.29, 1.82) is 0 Å². The van der Waals surface area contributed by atoms with Crippen molar-refractivity contribution in [2.45, 2.75) is 13.0 Å². The lowest BCUT2D eigenvalue weighted by Crippen LogP contribution is -2.38. The van der Waals surface area contributed by atoms with E-state index in [1.165, 1.54) is 19.1 Å². The van der Waals surface area contributed by atoms with E-state index < -0.39 is 23.7 Å². The van der Waals surface area contributed by atoms with E-state index >= 15 is 0 Å². The number of hydrogen-bond acceptors (Lipinski definition) is 3. The van der Waals surface area contributed by atoms with E-state index in [1.807, 2.05) is 0 Å². The fourth-order valence-electron chi connectivity index (χ4n) is 1.07. The molecule has 1 amide bonds. The highest BCUT2D eigenvalue weighted by Crippen LogP contribution is 2.15. The molecule has 0 fully saturated rings. The first-order valence-corrected chi connectivity index (χ1v) is 4.51. The molecule has 0 heterocycles. The summed E-state index contributed by atoms with van der Waals surface area (Å²) in [5.74, 6) is -2.61. The van der Waals surface area contributed by atoms with Crippen molar-refractivity contribution in [3.8, 4) is 0 Å². The quantitative estimate of drug-likeness (QED) is 0.658. The zero-order chi connectivity index (χ0) is 12.3. The van der Waals surface area contributed by atoms with Crippen molar-refractivity contribution in [1.82, 2.24) is 5.32 Å². The summed E-state index contributed by atoms with van der Waals surface area (Å²) in [5.41, 5.74) is 4.98. The second-order valence-corrected chi connectivity index (χ2v) is 3.23. The third kappa shape index (κ3) is 2.47. The molecule has 0 saturated carbocycles. The van der Waals surface area contributed by atoms with E-state index in [-0.39, 0.29) is 11.3 Å². The van der Waals surface area contributed by atoms with Gasteiger partial charge in [0.2, 0.25) is 0 Å². The molecule has 1 aromatic rings. The second kappa shape index (κ2) is 4.61. The molecule has 1 rings (SSSR count). The number of aliphatic carboxylic acids is 1. The molecule has 0 aromatic heterocycles. The number of nitrogen functional groups attached to an aromatic ring is 1. The van der Waals surface area contributed by atoms with E-state index in [4.69, 9.17) is 10.8 Å². The summed E-state index contributed by atoms with van der Waals surface area (Å²) in [6.45, 7) is 1.30. The minimum Gasteiger partial charge on any atom is -0.480 e. The number of halogens is 1. The molecular weight excluding hydrogens is 215 g/mol. The number of amides is 1. The van der Waals surface area contributed by atoms with Gasteiger partial charge in [-0.25, -0.2) is 4.39 Å². The minimum absolute atomic E-state index is 0.0758. The number of carbonyl (C=O) groups is 2. The van der Waals surface area contributed by atoms with Crippen LogP contribution in [0.25, 0.3) is 0 Å². The molecule has 86 valence electrons. The molecule has 1 atom stereocenters. The van der Waals surface area contributed by atoms with Gasteiger partial charge in [-0.3, -0.25) is 9.59 Å². The van der Waals surface area contributed by atoms with Gasteiger partial charge in [0, 0.05) is 0 Å². The number of nitrogens with one attached hydrogen (secondary N) is 1. The number of carbonyl (C=O) groups excluding carboxylic acids is 1. The van der Waals surface area contributed by atoms with E-state index in [0.717, 1.165) is 6.07 Å². The molecular formula is C10H11FN2O3. The average Bonchev–Trinajstić information content (AvgIpc) is 2.21. The third-order valence-electron chi connectivity index (χ3n) is 2.02. The highest BCUT2D eigenvalue weighted by molar-refractivity contribution is 6.00. The van der Waals surface area contributed by atoms with Crippen molar-refractivity contribution >= 4 is 17.6 Å². The van der Waals surface area contributed by atoms with E-state index in [0.29, 0.717) is 0 Å². The number of hydrogen-bond donors (Lipinski definition) is 3. The van der Waals surface area contributed by atoms with Gasteiger partial charge in [-0.1, -0.05) is 6.07 Å². The van der Waals surface area contributed by atoms with Crippen LogP contribution in [0.2, 0.25) is 0 Å². The standard InChI is InChI=1S/C10H11FN2O3/c1-5(10(15)16)13-9(14)6-3-2-4-7(11)8(6)12/h2-5H,12H2,1H3,(H,13,14)(H,15,16)/t5-/m1/s1. The van der Waals surface area contributed by atoms with Crippen molar-refractivity contribution in [3.05, 3.63) is 29.6 Å². The van der Waals surface area contributed by atoms with Crippen LogP contribution in [0.4, 0.5) is 10.1 Å². The van der Waals surface area contributed by atoms with Crippen LogP contribution in [0.15, 0.2) is 18.2 Å². The lowest BCUT2D eigenvalue weighted by Gasteiger charge is -2.10. The first-order valence-electron chi connectivity index (χ1n) is 4.51. The summed E-state index contributed by atoms with van der Waals surface area (Å²) in [6.07, 6.45) is 0. The van der Waals surface area contributed by atoms with Crippen LogP contribution < -0.4 is 11.1 Å². The molecule has 6 heteroatoms. The molecule has 0 unspecified atom stereocenters. The molecule has 4 N–H and O–H groups in total. The minimum atomic E-state index is -1.18. The lowest BCUT2D eigenvalue weighted by molar-refractivity contribution is -0.138. The van der Waals surface area contributed by atoms with Gasteiger partial charge < -0.3 is 16.2 Å². The molecule has 0 radical (unpaired) electrons. The SMILES string of the molecule is C[C@@H](NC(=O)c1cccc(F)c1N)C(=O)O. The predicted molar refractivity (Wildman–Crippen MR) is 55.4 cm³/mol. The summed E-state index contributed by atoms with van der Waals surface area (Å²) in [7, 11) is 0. The predicted octanol–water partition coefficient (Wildman–Crippen LogP) is 0.611. The van der Waals surface area contributed by atoms with E-state index in [1.54, 1.807) is 0 Å². The Labute approximate surface area is 91.1 Å². The molecule has 5 nitrogen and oxygen atoms in total. The zero-order valence-corrected chi connectivity index (χ0v) is 8.53. The first-order chi connectivity index (χ1) is 7.43. The molecule has 0 aliphatic carbocycles. The molecule has 0 bridgehead atoms. The summed E-state index contributed by atoms with van der Waals surface area (Å²) in [5, 5.41) is 10.8. The smallest absolute Gasteiger partial charge is 0.325 e. The van der Waals surface area contributed by atoms with Gasteiger partial charge in [-0.05, 0) is 19.1 Å². The first kappa shape index (κ1) is 12.0. The van der Waals surface area contributed by atoms with Crippen LogP contribution in [-0.4, -0.2) is 23.0 Å². The molecule has 1 aromatic carbocycles. The van der Waals surface area contributed by atoms with Crippen molar-refractivity contribution in [3.63, 3.8) is 0 Å². The highest BCUT2D eigenvalue weighted by Gasteiger charge is 2.18. The Morgan fingerprint density at radius 1 is 1.50 bits per heavy atom. The Morgan fingerprint density at radius 2 is 2.12 bits per heavy atom. The molecule has 0 aliphatic heterocycles. The number of para-hydroxylation sites is 1. The monoisotopic (exact) mass is 226 g/mol. The van der Waals surface area contributed by atoms with Crippen LogP contribution in [0, 0.1) is 5.82 Å². The van der Waals surface area contributed by atoms with Crippen molar-refractivity contribution in [2.24, 2.45) is 0 Å². The number of nitrogens with two attached hydrogens (primary N) is 1. The van der Waals surface area contributed by atoms with Crippen LogP contribution in [0.3, 0.4) is 0 Å². The Bertz CT molecular complexity index is 434. The number of carboxylic acids is 1. The van der Waals surface area contributed by atoms with Gasteiger partial charge in [-0.2, -0.15) is 0 Å². The van der Waals surface area contributed by atoms with Crippen LogP contribution in [0.1, 0.15) is 17.3 Å². The molecule has 0 saturated heterocycles.